The molecule has 1 aromatic heterocycles. The van der Waals surface area contributed by atoms with Gasteiger partial charge in [0.05, 0.1) is 6.42 Å². The van der Waals surface area contributed by atoms with Gasteiger partial charge in [-0.1, -0.05) is 5.16 Å². The number of amides is 2. The van der Waals surface area contributed by atoms with E-state index in [4.69, 9.17) is 9.63 Å². The van der Waals surface area contributed by atoms with Gasteiger partial charge in [0.1, 0.15) is 0 Å². The molecule has 1 aliphatic rings. The van der Waals surface area contributed by atoms with Crippen LogP contribution in [0.25, 0.3) is 0 Å². The quantitative estimate of drug-likeness (QED) is 0.748. The third kappa shape index (κ3) is 3.19. The minimum absolute atomic E-state index is 0.0733. The summed E-state index contributed by atoms with van der Waals surface area (Å²) in [5.41, 5.74) is 0. The summed E-state index contributed by atoms with van der Waals surface area (Å²) < 4.78 is 4.79. The average molecular weight is 254 g/mol. The van der Waals surface area contributed by atoms with Crippen LogP contribution in [-0.4, -0.2) is 51.8 Å². The molecule has 1 aromatic rings. The van der Waals surface area contributed by atoms with Crippen LogP contribution in [0.2, 0.25) is 0 Å². The summed E-state index contributed by atoms with van der Waals surface area (Å²) in [6.07, 6.45) is 1.91. The zero-order valence-corrected chi connectivity index (χ0v) is 9.70. The molecule has 0 aliphatic carbocycles. The predicted molar refractivity (Wildman–Crippen MR) is 58.7 cm³/mol. The molecule has 1 fully saturated rings. The molecule has 0 saturated carbocycles. The Balaban J connectivity index is 1.60. The SMILES string of the molecule is O=C(O)CC1CN(C(=O)NCCc2ncno2)C1. The molecule has 0 spiro atoms. The van der Waals surface area contributed by atoms with Crippen molar-refractivity contribution in [3.8, 4) is 0 Å². The number of likely N-dealkylation sites (tertiary alicyclic amines) is 1. The highest BCUT2D eigenvalue weighted by Gasteiger charge is 2.31. The van der Waals surface area contributed by atoms with E-state index in [1.54, 1.807) is 4.90 Å². The fourth-order valence-electron chi connectivity index (χ4n) is 1.81. The van der Waals surface area contributed by atoms with Gasteiger partial charge in [-0.05, 0) is 0 Å². The van der Waals surface area contributed by atoms with E-state index in [-0.39, 0.29) is 18.4 Å². The summed E-state index contributed by atoms with van der Waals surface area (Å²) in [6.45, 7) is 1.42. The Kier molecular flexibility index (Phi) is 3.75. The molecule has 1 saturated heterocycles. The van der Waals surface area contributed by atoms with Gasteiger partial charge in [0.15, 0.2) is 6.33 Å². The van der Waals surface area contributed by atoms with Crippen LogP contribution in [0.4, 0.5) is 4.79 Å². The number of carbonyl (C=O) groups excluding carboxylic acids is 1. The molecule has 0 atom stereocenters. The van der Waals surface area contributed by atoms with E-state index in [1.165, 1.54) is 6.33 Å². The number of carboxylic acids is 1. The Morgan fingerprint density at radius 3 is 2.94 bits per heavy atom. The number of rotatable bonds is 5. The maximum Gasteiger partial charge on any atom is 0.317 e. The summed E-state index contributed by atoms with van der Waals surface area (Å²) in [5, 5.41) is 14.7. The van der Waals surface area contributed by atoms with Crippen LogP contribution in [0, 0.1) is 5.92 Å². The molecule has 8 nitrogen and oxygen atoms in total. The van der Waals surface area contributed by atoms with E-state index in [1.807, 2.05) is 0 Å². The van der Waals surface area contributed by atoms with Crippen molar-refractivity contribution in [1.82, 2.24) is 20.4 Å². The monoisotopic (exact) mass is 254 g/mol. The minimum Gasteiger partial charge on any atom is -0.481 e. The van der Waals surface area contributed by atoms with Crippen LogP contribution in [0.5, 0.6) is 0 Å². The predicted octanol–water partition coefficient (Wildman–Crippen LogP) is -0.272. The summed E-state index contributed by atoms with van der Waals surface area (Å²) in [7, 11) is 0. The molecule has 0 unspecified atom stereocenters. The van der Waals surface area contributed by atoms with E-state index in [0.717, 1.165) is 0 Å². The number of nitrogens with zero attached hydrogens (tertiary/aromatic N) is 3. The molecule has 2 heterocycles. The summed E-state index contributed by atoms with van der Waals surface area (Å²) in [4.78, 5) is 27.4. The number of carbonyl (C=O) groups is 2. The van der Waals surface area contributed by atoms with Crippen molar-refractivity contribution in [1.29, 1.82) is 0 Å². The topological polar surface area (TPSA) is 109 Å². The second-order valence-electron chi connectivity index (χ2n) is 4.19. The Bertz CT molecular complexity index is 414. The van der Waals surface area contributed by atoms with E-state index in [0.29, 0.717) is 31.9 Å². The van der Waals surface area contributed by atoms with Crippen LogP contribution >= 0.6 is 0 Å². The first-order chi connectivity index (χ1) is 8.65. The standard InChI is InChI=1S/C10H14N4O4/c15-9(16)3-7-4-14(5-7)10(17)11-2-1-8-12-6-13-18-8/h6-7H,1-5H2,(H,11,17)(H,15,16). The lowest BCUT2D eigenvalue weighted by Crippen LogP contribution is -2.54. The molecule has 2 rings (SSSR count). The molecule has 98 valence electrons. The third-order valence-electron chi connectivity index (χ3n) is 2.73. The van der Waals surface area contributed by atoms with Crippen molar-refractivity contribution in [2.24, 2.45) is 5.92 Å². The van der Waals surface area contributed by atoms with Gasteiger partial charge in [-0.2, -0.15) is 4.98 Å². The fourth-order valence-corrected chi connectivity index (χ4v) is 1.81. The molecule has 18 heavy (non-hydrogen) atoms. The number of carboxylic acid groups (broad SMARTS) is 1. The average Bonchev–Trinajstić information content (AvgIpc) is 2.75. The molecule has 0 aromatic carbocycles. The second-order valence-corrected chi connectivity index (χ2v) is 4.19. The number of aliphatic carboxylic acids is 1. The Hall–Kier alpha value is -2.12. The van der Waals surface area contributed by atoms with Gasteiger partial charge >= 0.3 is 12.0 Å². The van der Waals surface area contributed by atoms with Gasteiger partial charge in [0.25, 0.3) is 0 Å². The third-order valence-corrected chi connectivity index (χ3v) is 2.73. The summed E-state index contributed by atoms with van der Waals surface area (Å²) in [5.74, 6) is -0.275. The molecule has 0 radical (unpaired) electrons. The van der Waals surface area contributed by atoms with Gasteiger partial charge in [0, 0.05) is 32.0 Å². The molecular formula is C10H14N4O4. The summed E-state index contributed by atoms with van der Waals surface area (Å²) in [6, 6.07) is -0.184. The van der Waals surface area contributed by atoms with Crippen molar-refractivity contribution in [3.05, 3.63) is 12.2 Å². The Morgan fingerprint density at radius 2 is 2.33 bits per heavy atom. The number of nitrogens with one attached hydrogen (secondary N) is 1. The van der Waals surface area contributed by atoms with Gasteiger partial charge < -0.3 is 19.8 Å². The highest BCUT2D eigenvalue weighted by molar-refractivity contribution is 5.75. The maximum absolute atomic E-state index is 11.6. The van der Waals surface area contributed by atoms with Crippen LogP contribution in [0.3, 0.4) is 0 Å². The lowest BCUT2D eigenvalue weighted by atomic mass is 9.97. The van der Waals surface area contributed by atoms with E-state index >= 15 is 0 Å². The fraction of sp³-hybridized carbons (Fsp3) is 0.600. The van der Waals surface area contributed by atoms with E-state index < -0.39 is 5.97 Å². The van der Waals surface area contributed by atoms with Crippen LogP contribution in [-0.2, 0) is 11.2 Å². The zero-order valence-electron chi connectivity index (χ0n) is 9.70. The lowest BCUT2D eigenvalue weighted by Gasteiger charge is -2.38. The number of hydrogen-bond donors (Lipinski definition) is 2. The van der Waals surface area contributed by atoms with Gasteiger partial charge in [-0.25, -0.2) is 4.79 Å². The smallest absolute Gasteiger partial charge is 0.317 e. The van der Waals surface area contributed by atoms with Gasteiger partial charge in [0.2, 0.25) is 5.89 Å². The van der Waals surface area contributed by atoms with Gasteiger partial charge in [-0.15, -0.1) is 0 Å². The highest BCUT2D eigenvalue weighted by Crippen LogP contribution is 2.18. The van der Waals surface area contributed by atoms with E-state index in [2.05, 4.69) is 15.5 Å². The van der Waals surface area contributed by atoms with Crippen molar-refractivity contribution < 1.29 is 19.2 Å². The number of urea groups is 1. The highest BCUT2D eigenvalue weighted by atomic mass is 16.5. The van der Waals surface area contributed by atoms with Crippen molar-refractivity contribution in [2.75, 3.05) is 19.6 Å². The lowest BCUT2D eigenvalue weighted by molar-refractivity contribution is -0.139. The largest absolute Gasteiger partial charge is 0.481 e. The molecule has 8 heteroatoms. The number of aromatic nitrogens is 2. The Morgan fingerprint density at radius 1 is 1.56 bits per heavy atom. The van der Waals surface area contributed by atoms with Crippen molar-refractivity contribution in [3.63, 3.8) is 0 Å². The second kappa shape index (κ2) is 5.48. The van der Waals surface area contributed by atoms with Crippen LogP contribution < -0.4 is 5.32 Å². The number of hydrogen-bond acceptors (Lipinski definition) is 5. The zero-order chi connectivity index (χ0) is 13.0. The first-order valence-corrected chi connectivity index (χ1v) is 5.65. The molecular weight excluding hydrogens is 240 g/mol. The first kappa shape index (κ1) is 12.3. The van der Waals surface area contributed by atoms with Gasteiger partial charge in [-0.3, -0.25) is 4.79 Å². The summed E-state index contributed by atoms with van der Waals surface area (Å²) >= 11 is 0. The van der Waals surface area contributed by atoms with Crippen molar-refractivity contribution >= 4 is 12.0 Å². The molecule has 0 bridgehead atoms. The normalized spacial score (nSPS) is 15.2. The maximum atomic E-state index is 11.6. The van der Waals surface area contributed by atoms with E-state index in [9.17, 15) is 9.59 Å². The molecule has 2 N–H and O–H groups in total. The van der Waals surface area contributed by atoms with Crippen LogP contribution in [0.1, 0.15) is 12.3 Å². The minimum atomic E-state index is -0.823. The van der Waals surface area contributed by atoms with Crippen LogP contribution in [0.15, 0.2) is 10.9 Å². The molecule has 2 amide bonds. The Labute approximate surface area is 103 Å². The van der Waals surface area contributed by atoms with Crippen molar-refractivity contribution in [2.45, 2.75) is 12.8 Å². The molecule has 1 aliphatic heterocycles. The first-order valence-electron chi connectivity index (χ1n) is 5.65.